The monoisotopic (exact) mass is 284 g/mol. The molecule has 1 aromatic heterocycles. The summed E-state index contributed by atoms with van der Waals surface area (Å²) >= 11 is 0. The van der Waals surface area contributed by atoms with Crippen LogP contribution in [0.3, 0.4) is 0 Å². The van der Waals surface area contributed by atoms with E-state index in [1.165, 1.54) is 0 Å². The summed E-state index contributed by atoms with van der Waals surface area (Å²) in [6.45, 7) is 1.08. The van der Waals surface area contributed by atoms with Crippen molar-refractivity contribution in [1.82, 2.24) is 14.9 Å². The lowest BCUT2D eigenvalue weighted by Crippen LogP contribution is -2.36. The van der Waals surface area contributed by atoms with E-state index in [4.69, 9.17) is 10.5 Å². The van der Waals surface area contributed by atoms with Crippen LogP contribution in [-0.2, 0) is 13.0 Å². The molecule has 2 aromatic rings. The average Bonchev–Trinajstić information content (AvgIpc) is 2.53. The first-order valence-corrected chi connectivity index (χ1v) is 6.71. The van der Waals surface area contributed by atoms with Gasteiger partial charge in [0.05, 0.1) is 24.9 Å². The van der Waals surface area contributed by atoms with Crippen LogP contribution in [0.5, 0.6) is 5.75 Å². The Bertz CT molecular complexity index is 687. The van der Waals surface area contributed by atoms with Crippen LogP contribution in [0.4, 0.5) is 5.95 Å². The predicted molar refractivity (Wildman–Crippen MR) is 77.9 cm³/mol. The molecular formula is C15H16N4O2. The van der Waals surface area contributed by atoms with Gasteiger partial charge in [0.15, 0.2) is 0 Å². The normalized spacial score (nSPS) is 13.7. The number of nitrogens with zero attached hydrogens (tertiary/aromatic N) is 3. The van der Waals surface area contributed by atoms with Gasteiger partial charge in [0.1, 0.15) is 5.75 Å². The van der Waals surface area contributed by atoms with Crippen LogP contribution in [0, 0.1) is 0 Å². The lowest BCUT2D eigenvalue weighted by atomic mass is 10.1. The van der Waals surface area contributed by atoms with Crippen LogP contribution in [0.15, 0.2) is 30.5 Å². The molecule has 3 rings (SSSR count). The summed E-state index contributed by atoms with van der Waals surface area (Å²) in [6, 6.07) is 7.22. The molecule has 2 N–H and O–H groups in total. The zero-order chi connectivity index (χ0) is 14.8. The first-order valence-electron chi connectivity index (χ1n) is 6.71. The fourth-order valence-electron chi connectivity index (χ4n) is 2.48. The summed E-state index contributed by atoms with van der Waals surface area (Å²) in [5, 5.41) is 0. The third kappa shape index (κ3) is 2.52. The summed E-state index contributed by atoms with van der Waals surface area (Å²) in [6.07, 6.45) is 2.47. The van der Waals surface area contributed by atoms with Crippen LogP contribution in [0.1, 0.15) is 21.6 Å². The van der Waals surface area contributed by atoms with Gasteiger partial charge in [-0.25, -0.2) is 9.97 Å². The number of amides is 1. The van der Waals surface area contributed by atoms with Crippen LogP contribution in [0.2, 0.25) is 0 Å². The van der Waals surface area contributed by atoms with Crippen molar-refractivity contribution >= 4 is 11.9 Å². The molecule has 2 heterocycles. The predicted octanol–water partition coefficient (Wildman–Crippen LogP) is 1.27. The number of hydrogen-bond acceptors (Lipinski definition) is 5. The van der Waals surface area contributed by atoms with Crippen LogP contribution >= 0.6 is 0 Å². The maximum absolute atomic E-state index is 12.6. The largest absolute Gasteiger partial charge is 0.496 e. The molecule has 1 aromatic carbocycles. The van der Waals surface area contributed by atoms with Crippen molar-refractivity contribution in [1.29, 1.82) is 0 Å². The van der Waals surface area contributed by atoms with Crippen molar-refractivity contribution in [2.75, 3.05) is 19.4 Å². The number of carbonyl (C=O) groups excluding carboxylic acids is 1. The van der Waals surface area contributed by atoms with E-state index in [0.29, 0.717) is 24.4 Å². The van der Waals surface area contributed by atoms with E-state index in [0.717, 1.165) is 17.7 Å². The molecule has 0 unspecified atom stereocenters. The van der Waals surface area contributed by atoms with Gasteiger partial charge >= 0.3 is 0 Å². The number of ether oxygens (including phenoxy) is 1. The lowest BCUT2D eigenvalue weighted by Gasteiger charge is -2.28. The van der Waals surface area contributed by atoms with E-state index in [9.17, 15) is 4.79 Å². The summed E-state index contributed by atoms with van der Waals surface area (Å²) in [5.41, 5.74) is 8.04. The third-order valence-corrected chi connectivity index (χ3v) is 3.59. The molecule has 0 bridgehead atoms. The van der Waals surface area contributed by atoms with Gasteiger partial charge < -0.3 is 15.4 Å². The van der Waals surface area contributed by atoms with E-state index >= 15 is 0 Å². The quantitative estimate of drug-likeness (QED) is 0.898. The Morgan fingerprint density at radius 3 is 3.00 bits per heavy atom. The van der Waals surface area contributed by atoms with Crippen molar-refractivity contribution in [3.8, 4) is 5.75 Å². The fraction of sp³-hybridized carbons (Fsp3) is 0.267. The van der Waals surface area contributed by atoms with Gasteiger partial charge in [0.25, 0.3) is 5.91 Å². The van der Waals surface area contributed by atoms with Gasteiger partial charge in [0, 0.05) is 12.7 Å². The highest BCUT2D eigenvalue weighted by Crippen LogP contribution is 2.23. The second-order valence-corrected chi connectivity index (χ2v) is 4.88. The Balaban J connectivity index is 1.87. The summed E-state index contributed by atoms with van der Waals surface area (Å²) in [7, 11) is 1.56. The van der Waals surface area contributed by atoms with Crippen LogP contribution in [0.25, 0.3) is 0 Å². The Morgan fingerprint density at radius 1 is 1.38 bits per heavy atom. The van der Waals surface area contributed by atoms with Gasteiger partial charge in [-0.2, -0.15) is 0 Å². The van der Waals surface area contributed by atoms with Crippen molar-refractivity contribution in [2.45, 2.75) is 13.0 Å². The molecule has 1 aliphatic heterocycles. The standard InChI is InChI=1S/C15H16N4O2/c1-21-13-5-3-2-4-11(13)14(20)19-7-6-10-8-17-15(16)18-12(10)9-19/h2-5,8H,6-7,9H2,1H3,(H2,16,17,18). The Hall–Kier alpha value is -2.63. The van der Waals surface area contributed by atoms with Crippen LogP contribution in [-0.4, -0.2) is 34.4 Å². The molecule has 0 saturated carbocycles. The molecule has 1 amide bonds. The SMILES string of the molecule is COc1ccccc1C(=O)N1CCc2cnc(N)nc2C1. The number of hydrogen-bond donors (Lipinski definition) is 1. The topological polar surface area (TPSA) is 81.3 Å². The lowest BCUT2D eigenvalue weighted by molar-refractivity contribution is 0.0728. The molecule has 6 heteroatoms. The minimum atomic E-state index is -0.0599. The third-order valence-electron chi connectivity index (χ3n) is 3.59. The Labute approximate surface area is 122 Å². The molecule has 0 saturated heterocycles. The van der Waals surface area contributed by atoms with E-state index in [1.54, 1.807) is 30.3 Å². The molecule has 0 spiro atoms. The highest BCUT2D eigenvalue weighted by Gasteiger charge is 2.24. The maximum atomic E-state index is 12.6. The zero-order valence-electron chi connectivity index (χ0n) is 11.7. The average molecular weight is 284 g/mol. The maximum Gasteiger partial charge on any atom is 0.257 e. The zero-order valence-corrected chi connectivity index (χ0v) is 11.7. The molecule has 108 valence electrons. The van der Waals surface area contributed by atoms with Gasteiger partial charge in [-0.05, 0) is 24.1 Å². The van der Waals surface area contributed by atoms with Gasteiger partial charge in [-0.3, -0.25) is 4.79 Å². The van der Waals surface area contributed by atoms with Crippen molar-refractivity contribution < 1.29 is 9.53 Å². The number of fused-ring (bicyclic) bond motifs is 1. The number of nitrogen functional groups attached to an aromatic ring is 1. The van der Waals surface area contributed by atoms with Crippen molar-refractivity contribution in [3.63, 3.8) is 0 Å². The van der Waals surface area contributed by atoms with Gasteiger partial charge in [0.2, 0.25) is 5.95 Å². The number of rotatable bonds is 2. The number of methoxy groups -OCH3 is 1. The van der Waals surface area contributed by atoms with Crippen molar-refractivity contribution in [3.05, 3.63) is 47.3 Å². The molecule has 0 atom stereocenters. The highest BCUT2D eigenvalue weighted by atomic mass is 16.5. The number of nitrogens with two attached hydrogens (primary N) is 1. The first-order chi connectivity index (χ1) is 10.2. The number of anilines is 1. The number of benzene rings is 1. The summed E-state index contributed by atoms with van der Waals surface area (Å²) in [4.78, 5) is 22.6. The minimum absolute atomic E-state index is 0.0599. The molecule has 6 nitrogen and oxygen atoms in total. The molecule has 0 radical (unpaired) electrons. The van der Waals surface area contributed by atoms with Gasteiger partial charge in [-0.1, -0.05) is 12.1 Å². The van der Waals surface area contributed by atoms with Crippen LogP contribution < -0.4 is 10.5 Å². The smallest absolute Gasteiger partial charge is 0.257 e. The summed E-state index contributed by atoms with van der Waals surface area (Å²) in [5.74, 6) is 0.756. The second kappa shape index (κ2) is 5.40. The Kier molecular flexibility index (Phi) is 3.43. The minimum Gasteiger partial charge on any atom is -0.496 e. The van der Waals surface area contributed by atoms with E-state index in [-0.39, 0.29) is 11.9 Å². The molecule has 21 heavy (non-hydrogen) atoms. The second-order valence-electron chi connectivity index (χ2n) is 4.88. The number of para-hydroxylation sites is 1. The molecule has 0 fully saturated rings. The molecule has 0 aliphatic carbocycles. The molecule has 1 aliphatic rings. The van der Waals surface area contributed by atoms with Crippen molar-refractivity contribution in [2.24, 2.45) is 0 Å². The number of carbonyl (C=O) groups is 1. The van der Waals surface area contributed by atoms with E-state index in [2.05, 4.69) is 9.97 Å². The van der Waals surface area contributed by atoms with E-state index < -0.39 is 0 Å². The highest BCUT2D eigenvalue weighted by molar-refractivity contribution is 5.97. The number of aromatic nitrogens is 2. The van der Waals surface area contributed by atoms with E-state index in [1.807, 2.05) is 12.1 Å². The molecular weight excluding hydrogens is 268 g/mol. The summed E-state index contributed by atoms with van der Waals surface area (Å²) < 4.78 is 5.25. The van der Waals surface area contributed by atoms with Gasteiger partial charge in [-0.15, -0.1) is 0 Å². The first kappa shape index (κ1) is 13.4. The Morgan fingerprint density at radius 2 is 2.19 bits per heavy atom. The fourth-order valence-corrected chi connectivity index (χ4v) is 2.48.